The second-order valence-corrected chi connectivity index (χ2v) is 5.17. The van der Waals surface area contributed by atoms with E-state index in [0.717, 1.165) is 19.3 Å². The average Bonchev–Trinajstić information content (AvgIpc) is 2.29. The van der Waals surface area contributed by atoms with Crippen molar-refractivity contribution in [3.63, 3.8) is 0 Å². The fourth-order valence-electron chi connectivity index (χ4n) is 1.69. The molecule has 0 saturated heterocycles. The Morgan fingerprint density at radius 2 is 1.44 bits per heavy atom. The third-order valence-corrected chi connectivity index (χ3v) is 3.54. The first kappa shape index (κ1) is 16.4. The summed E-state index contributed by atoms with van der Waals surface area (Å²) in [6, 6.07) is 0. The minimum absolute atomic E-state index is 0.144. The Balaban J connectivity index is 3.30. The largest absolute Gasteiger partial charge is 0.396 e. The van der Waals surface area contributed by atoms with Crippen LogP contribution in [0.25, 0.3) is 0 Å². The smallest absolute Gasteiger partial charge is 0.169 e. The Bertz CT molecular complexity index is 140. The maximum atomic E-state index is 8.62. The standard InChI is InChI=1S/C12H25BrO3/c1-15-12(16-2)11(13)9-7-5-3-4-6-8-10-14/h11-12,14H,3-10H2,1-2H3. The number of alkyl halides is 1. The Morgan fingerprint density at radius 1 is 0.938 bits per heavy atom. The van der Waals surface area contributed by atoms with Crippen LogP contribution in [-0.4, -0.2) is 37.1 Å². The van der Waals surface area contributed by atoms with Crippen molar-refractivity contribution in [2.45, 2.75) is 56.1 Å². The van der Waals surface area contributed by atoms with Crippen LogP contribution in [0.15, 0.2) is 0 Å². The van der Waals surface area contributed by atoms with Gasteiger partial charge in [-0.2, -0.15) is 0 Å². The minimum Gasteiger partial charge on any atom is -0.396 e. The van der Waals surface area contributed by atoms with Gasteiger partial charge < -0.3 is 14.6 Å². The molecule has 0 amide bonds. The van der Waals surface area contributed by atoms with Gasteiger partial charge >= 0.3 is 0 Å². The van der Waals surface area contributed by atoms with E-state index in [1.165, 1.54) is 25.7 Å². The first-order valence-corrected chi connectivity index (χ1v) is 6.98. The lowest BCUT2D eigenvalue weighted by atomic mass is 10.1. The van der Waals surface area contributed by atoms with Crippen LogP contribution < -0.4 is 0 Å². The van der Waals surface area contributed by atoms with Crippen LogP contribution >= 0.6 is 15.9 Å². The number of aliphatic hydroxyl groups is 1. The van der Waals surface area contributed by atoms with Crippen LogP contribution in [0.4, 0.5) is 0 Å². The van der Waals surface area contributed by atoms with Crippen LogP contribution in [-0.2, 0) is 9.47 Å². The molecule has 1 unspecified atom stereocenters. The minimum atomic E-state index is -0.144. The number of halogens is 1. The zero-order valence-electron chi connectivity index (χ0n) is 10.5. The molecule has 0 aliphatic rings. The van der Waals surface area contributed by atoms with Crippen LogP contribution in [0.2, 0.25) is 0 Å². The number of ether oxygens (including phenoxy) is 2. The summed E-state index contributed by atoms with van der Waals surface area (Å²) in [5.41, 5.74) is 0. The highest BCUT2D eigenvalue weighted by atomic mass is 79.9. The molecular weight excluding hydrogens is 272 g/mol. The molecule has 0 rings (SSSR count). The summed E-state index contributed by atoms with van der Waals surface area (Å²) < 4.78 is 10.3. The number of hydrogen-bond acceptors (Lipinski definition) is 3. The van der Waals surface area contributed by atoms with Crippen molar-refractivity contribution < 1.29 is 14.6 Å². The van der Waals surface area contributed by atoms with Crippen molar-refractivity contribution in [3.05, 3.63) is 0 Å². The van der Waals surface area contributed by atoms with E-state index >= 15 is 0 Å². The van der Waals surface area contributed by atoms with E-state index in [0.29, 0.717) is 6.61 Å². The Kier molecular flexibility index (Phi) is 12.1. The molecule has 0 aliphatic carbocycles. The van der Waals surface area contributed by atoms with E-state index < -0.39 is 0 Å². The summed E-state index contributed by atoms with van der Waals surface area (Å²) in [5, 5.41) is 8.62. The molecule has 0 aromatic rings. The van der Waals surface area contributed by atoms with Crippen molar-refractivity contribution in [1.82, 2.24) is 0 Å². The van der Waals surface area contributed by atoms with Crippen LogP contribution in [0.1, 0.15) is 44.9 Å². The van der Waals surface area contributed by atoms with Gasteiger partial charge in [0.2, 0.25) is 0 Å². The normalized spacial score (nSPS) is 13.3. The van der Waals surface area contributed by atoms with E-state index in [4.69, 9.17) is 14.6 Å². The van der Waals surface area contributed by atoms with Gasteiger partial charge in [0, 0.05) is 20.8 Å². The number of aliphatic hydroxyl groups excluding tert-OH is 1. The van der Waals surface area contributed by atoms with E-state index in [2.05, 4.69) is 15.9 Å². The maximum absolute atomic E-state index is 8.62. The lowest BCUT2D eigenvalue weighted by Crippen LogP contribution is -2.24. The lowest BCUT2D eigenvalue weighted by Gasteiger charge is -2.19. The first-order chi connectivity index (χ1) is 7.76. The van der Waals surface area contributed by atoms with Gasteiger partial charge in [-0.15, -0.1) is 0 Å². The topological polar surface area (TPSA) is 38.7 Å². The van der Waals surface area contributed by atoms with E-state index in [9.17, 15) is 0 Å². The van der Waals surface area contributed by atoms with Crippen LogP contribution in [0.3, 0.4) is 0 Å². The number of methoxy groups -OCH3 is 2. The first-order valence-electron chi connectivity index (χ1n) is 6.06. The molecule has 0 saturated carbocycles. The Labute approximate surface area is 108 Å². The van der Waals surface area contributed by atoms with Gasteiger partial charge in [0.1, 0.15) is 0 Å². The molecule has 0 radical (unpaired) electrons. The Hall–Kier alpha value is 0.360. The molecule has 0 aromatic carbocycles. The SMILES string of the molecule is COC(OC)C(Br)CCCCCCCCO. The molecule has 0 heterocycles. The van der Waals surface area contributed by atoms with Gasteiger partial charge in [-0.05, 0) is 12.8 Å². The molecule has 1 atom stereocenters. The molecule has 3 nitrogen and oxygen atoms in total. The average molecular weight is 297 g/mol. The third kappa shape index (κ3) is 8.50. The second kappa shape index (κ2) is 11.8. The van der Waals surface area contributed by atoms with Gasteiger partial charge in [0.05, 0.1) is 4.83 Å². The number of hydrogen-bond donors (Lipinski definition) is 1. The highest BCUT2D eigenvalue weighted by Crippen LogP contribution is 2.18. The molecule has 0 aromatic heterocycles. The fraction of sp³-hybridized carbons (Fsp3) is 1.00. The lowest BCUT2D eigenvalue weighted by molar-refractivity contribution is -0.101. The van der Waals surface area contributed by atoms with Crippen molar-refractivity contribution in [2.24, 2.45) is 0 Å². The molecule has 0 aliphatic heterocycles. The van der Waals surface area contributed by atoms with E-state index in [1.54, 1.807) is 14.2 Å². The van der Waals surface area contributed by atoms with Crippen molar-refractivity contribution >= 4 is 15.9 Å². The zero-order valence-corrected chi connectivity index (χ0v) is 12.0. The number of unbranched alkanes of at least 4 members (excludes halogenated alkanes) is 5. The van der Waals surface area contributed by atoms with Gasteiger partial charge in [-0.1, -0.05) is 48.0 Å². The quantitative estimate of drug-likeness (QED) is 0.362. The third-order valence-electron chi connectivity index (χ3n) is 2.65. The van der Waals surface area contributed by atoms with Gasteiger partial charge in [0.15, 0.2) is 6.29 Å². The van der Waals surface area contributed by atoms with Gasteiger partial charge in [-0.25, -0.2) is 0 Å². The summed E-state index contributed by atoms with van der Waals surface area (Å²) in [6.07, 6.45) is 7.94. The van der Waals surface area contributed by atoms with Crippen LogP contribution in [0.5, 0.6) is 0 Å². The molecule has 4 heteroatoms. The molecular formula is C12H25BrO3. The molecule has 1 N–H and O–H groups in total. The summed E-state index contributed by atoms with van der Waals surface area (Å²) in [6.45, 7) is 0.326. The highest BCUT2D eigenvalue weighted by Gasteiger charge is 2.16. The summed E-state index contributed by atoms with van der Waals surface area (Å²) in [4.78, 5) is 0.278. The predicted octanol–water partition coefficient (Wildman–Crippen LogP) is 3.09. The van der Waals surface area contributed by atoms with Crippen molar-refractivity contribution in [1.29, 1.82) is 0 Å². The fourth-order valence-corrected chi connectivity index (χ4v) is 2.44. The number of rotatable bonds is 11. The monoisotopic (exact) mass is 296 g/mol. The van der Waals surface area contributed by atoms with Gasteiger partial charge in [0.25, 0.3) is 0 Å². The van der Waals surface area contributed by atoms with Crippen LogP contribution in [0, 0.1) is 0 Å². The van der Waals surface area contributed by atoms with Crippen molar-refractivity contribution in [3.8, 4) is 0 Å². The van der Waals surface area contributed by atoms with E-state index in [1.807, 2.05) is 0 Å². The van der Waals surface area contributed by atoms with Crippen molar-refractivity contribution in [2.75, 3.05) is 20.8 Å². The zero-order chi connectivity index (χ0) is 12.2. The Morgan fingerprint density at radius 3 is 1.94 bits per heavy atom. The molecule has 0 fully saturated rings. The predicted molar refractivity (Wildman–Crippen MR) is 69.9 cm³/mol. The van der Waals surface area contributed by atoms with E-state index in [-0.39, 0.29) is 11.1 Å². The molecule has 0 spiro atoms. The summed E-state index contributed by atoms with van der Waals surface area (Å²) >= 11 is 3.58. The van der Waals surface area contributed by atoms with Gasteiger partial charge in [-0.3, -0.25) is 0 Å². The summed E-state index contributed by atoms with van der Waals surface area (Å²) in [5.74, 6) is 0. The molecule has 98 valence electrons. The molecule has 16 heavy (non-hydrogen) atoms. The molecule has 0 bridgehead atoms. The summed E-state index contributed by atoms with van der Waals surface area (Å²) in [7, 11) is 3.33. The second-order valence-electron chi connectivity index (χ2n) is 3.99. The maximum Gasteiger partial charge on any atom is 0.169 e. The highest BCUT2D eigenvalue weighted by molar-refractivity contribution is 9.09.